The topological polar surface area (TPSA) is 90.4 Å². The Bertz CT molecular complexity index is 1780. The molecule has 3 aromatic rings. The summed E-state index contributed by atoms with van der Waals surface area (Å²) in [4.78, 5) is 50.7. The summed E-state index contributed by atoms with van der Waals surface area (Å²) < 4.78 is 4.20. The Morgan fingerprint density at radius 2 is 1.61 bits per heavy atom. The van der Waals surface area contributed by atoms with Crippen LogP contribution < -0.4 is 14.5 Å². The highest BCUT2D eigenvalue weighted by atomic mass is 32.2. The lowest BCUT2D eigenvalue weighted by molar-refractivity contribution is -0.142. The quantitative estimate of drug-likeness (QED) is 0.192. The first-order valence-electron chi connectivity index (χ1n) is 17.9. The molecule has 0 saturated carbocycles. The molecule has 3 heterocycles. The zero-order valence-corrected chi connectivity index (χ0v) is 30.9. The Kier molecular flexibility index (Phi) is 10.5. The maximum atomic E-state index is 15.4. The van der Waals surface area contributed by atoms with Gasteiger partial charge in [-0.15, -0.1) is 24.9 Å². The molecule has 8 nitrogen and oxygen atoms in total. The lowest BCUT2D eigenvalue weighted by Crippen LogP contribution is -2.58. The third-order valence-corrected chi connectivity index (χ3v) is 12.9. The SMILES string of the molecule is C=CCN(C(=O)[C@@H]1[C@H]2C(=O)N([C@@H](CO)Cc3ccccc3)C(C(=O)N(CC=C)c3c(C)cccc3C)C23CC[C@@]1(C)S3)c1ccc(OCC)cc1. The summed E-state index contributed by atoms with van der Waals surface area (Å²) in [5.41, 5.74) is 4.32. The lowest BCUT2D eigenvalue weighted by Gasteiger charge is -2.40. The summed E-state index contributed by atoms with van der Waals surface area (Å²) in [7, 11) is 0. The highest BCUT2D eigenvalue weighted by molar-refractivity contribution is 8.02. The highest BCUT2D eigenvalue weighted by Crippen LogP contribution is 2.72. The van der Waals surface area contributed by atoms with Gasteiger partial charge in [0.2, 0.25) is 11.8 Å². The molecule has 0 aromatic heterocycles. The number of rotatable bonds is 14. The van der Waals surface area contributed by atoms with Crippen LogP contribution in [-0.2, 0) is 20.8 Å². The van der Waals surface area contributed by atoms with E-state index in [9.17, 15) is 9.90 Å². The van der Waals surface area contributed by atoms with Crippen LogP contribution >= 0.6 is 11.8 Å². The Morgan fingerprint density at radius 1 is 0.961 bits per heavy atom. The van der Waals surface area contributed by atoms with Crippen molar-refractivity contribution >= 4 is 40.9 Å². The Hall–Kier alpha value is -4.34. The van der Waals surface area contributed by atoms with Gasteiger partial charge < -0.3 is 24.5 Å². The van der Waals surface area contributed by atoms with Gasteiger partial charge in [-0.2, -0.15) is 0 Å². The molecule has 0 aliphatic carbocycles. The molecule has 0 radical (unpaired) electrons. The van der Waals surface area contributed by atoms with Gasteiger partial charge in [0.25, 0.3) is 5.91 Å². The average Bonchev–Trinajstić information content (AvgIpc) is 3.70. The standard InChI is InChI=1S/C42H49N3O5S/c1-7-24-43(31-18-20-33(21-19-31)50-9-3)38(47)34-35-39(48)45(32(27-46)26-30-16-11-10-12-17-30)37(42(35)23-22-41(34,6)51-42)40(49)44(25-8-2)36-28(4)14-13-15-29(36)5/h7-8,10-21,32,34-35,37,46H,1-2,9,22-27H2,3-6H3/t32-,34+,35+,37?,41-,42?/m1/s1. The van der Waals surface area contributed by atoms with E-state index in [0.29, 0.717) is 37.3 Å². The first kappa shape index (κ1) is 36.5. The summed E-state index contributed by atoms with van der Waals surface area (Å²) >= 11 is 1.63. The van der Waals surface area contributed by atoms with Gasteiger partial charge >= 0.3 is 0 Å². The number of carbonyl (C=O) groups is 3. The first-order valence-corrected chi connectivity index (χ1v) is 18.7. The maximum absolute atomic E-state index is 15.4. The number of thioether (sulfide) groups is 1. The van der Waals surface area contributed by atoms with Crippen LogP contribution in [0.3, 0.4) is 0 Å². The number of fused-ring (bicyclic) bond motifs is 1. The number of hydrogen-bond donors (Lipinski definition) is 1. The fraction of sp³-hybridized carbons (Fsp3) is 0.405. The molecular weight excluding hydrogens is 659 g/mol. The molecule has 3 aliphatic heterocycles. The van der Waals surface area contributed by atoms with Gasteiger partial charge in [-0.05, 0) is 87.9 Å². The van der Waals surface area contributed by atoms with Crippen LogP contribution in [0.2, 0.25) is 0 Å². The minimum atomic E-state index is -0.905. The number of amides is 3. The normalized spacial score (nSPS) is 25.3. The predicted octanol–water partition coefficient (Wildman–Crippen LogP) is 6.53. The number of nitrogens with zero attached hydrogens (tertiary/aromatic N) is 3. The number of para-hydroxylation sites is 1. The third kappa shape index (κ3) is 6.29. The number of aliphatic hydroxyl groups excluding tert-OH is 1. The van der Waals surface area contributed by atoms with Crippen molar-refractivity contribution in [1.29, 1.82) is 0 Å². The van der Waals surface area contributed by atoms with Crippen molar-refractivity contribution in [2.75, 3.05) is 36.1 Å². The number of aryl methyl sites for hydroxylation is 2. The molecule has 1 spiro atoms. The van der Waals surface area contributed by atoms with Crippen molar-refractivity contribution in [3.05, 3.63) is 115 Å². The number of hydrogen-bond acceptors (Lipinski definition) is 6. The maximum Gasteiger partial charge on any atom is 0.251 e. The van der Waals surface area contributed by atoms with E-state index in [-0.39, 0.29) is 37.4 Å². The monoisotopic (exact) mass is 707 g/mol. The predicted molar refractivity (Wildman–Crippen MR) is 205 cm³/mol. The van der Waals surface area contributed by atoms with Crippen LogP contribution in [0.1, 0.15) is 43.4 Å². The van der Waals surface area contributed by atoms with E-state index in [4.69, 9.17) is 4.74 Å². The van der Waals surface area contributed by atoms with Gasteiger partial charge in [-0.3, -0.25) is 14.4 Å². The number of ether oxygens (including phenoxy) is 1. The van der Waals surface area contributed by atoms with Crippen molar-refractivity contribution in [2.24, 2.45) is 11.8 Å². The minimum absolute atomic E-state index is 0.164. The summed E-state index contributed by atoms with van der Waals surface area (Å²) in [6.45, 7) is 16.6. The van der Waals surface area contributed by atoms with Crippen LogP contribution in [0, 0.1) is 25.7 Å². The number of carbonyl (C=O) groups excluding carboxylic acids is 3. The molecule has 3 fully saturated rings. The minimum Gasteiger partial charge on any atom is -0.494 e. The van der Waals surface area contributed by atoms with Gasteiger partial charge in [0.15, 0.2) is 0 Å². The fourth-order valence-electron chi connectivity index (χ4n) is 8.86. The molecular formula is C42H49N3O5S. The average molecular weight is 708 g/mol. The molecule has 6 rings (SSSR count). The first-order chi connectivity index (χ1) is 24.5. The van der Waals surface area contributed by atoms with Crippen LogP contribution in [0.5, 0.6) is 5.75 Å². The summed E-state index contributed by atoms with van der Waals surface area (Å²) in [6, 6.07) is 21.5. The molecule has 268 valence electrons. The van der Waals surface area contributed by atoms with Crippen molar-refractivity contribution in [3.63, 3.8) is 0 Å². The third-order valence-electron chi connectivity index (χ3n) is 11.0. The van der Waals surface area contributed by atoms with Crippen LogP contribution in [0.25, 0.3) is 0 Å². The smallest absolute Gasteiger partial charge is 0.251 e. The largest absolute Gasteiger partial charge is 0.494 e. The molecule has 3 aliphatic rings. The Labute approximate surface area is 306 Å². The molecule has 2 bridgehead atoms. The van der Waals surface area contributed by atoms with Crippen LogP contribution in [0.15, 0.2) is 98.1 Å². The molecule has 51 heavy (non-hydrogen) atoms. The van der Waals surface area contributed by atoms with Gasteiger partial charge in [-0.25, -0.2) is 0 Å². The Balaban J connectivity index is 1.47. The second kappa shape index (κ2) is 14.7. The number of benzene rings is 3. The summed E-state index contributed by atoms with van der Waals surface area (Å²) in [5.74, 6) is -1.37. The summed E-state index contributed by atoms with van der Waals surface area (Å²) in [6.07, 6.45) is 5.05. The summed E-state index contributed by atoms with van der Waals surface area (Å²) in [5, 5.41) is 11.0. The molecule has 3 saturated heterocycles. The molecule has 3 aromatic carbocycles. The Morgan fingerprint density at radius 3 is 2.22 bits per heavy atom. The molecule has 1 N–H and O–H groups in total. The van der Waals surface area contributed by atoms with Crippen LogP contribution in [0.4, 0.5) is 11.4 Å². The van der Waals surface area contributed by atoms with E-state index in [2.05, 4.69) is 20.1 Å². The van der Waals surface area contributed by atoms with Crippen molar-refractivity contribution in [1.82, 2.24) is 4.90 Å². The zero-order chi connectivity index (χ0) is 36.5. The molecule has 9 heteroatoms. The molecule has 6 atom stereocenters. The fourth-order valence-corrected chi connectivity index (χ4v) is 11.2. The molecule has 3 amide bonds. The van der Waals surface area contributed by atoms with Crippen molar-refractivity contribution < 1.29 is 24.2 Å². The number of aliphatic hydroxyl groups is 1. The van der Waals surface area contributed by atoms with Gasteiger partial charge in [-0.1, -0.05) is 60.7 Å². The second-order valence-electron chi connectivity index (χ2n) is 14.1. The van der Waals surface area contributed by atoms with E-state index < -0.39 is 33.4 Å². The van der Waals surface area contributed by atoms with Gasteiger partial charge in [0.1, 0.15) is 11.8 Å². The zero-order valence-electron chi connectivity index (χ0n) is 30.1. The lowest BCUT2D eigenvalue weighted by atomic mass is 9.66. The van der Waals surface area contributed by atoms with E-state index in [1.165, 1.54) is 0 Å². The van der Waals surface area contributed by atoms with Crippen LogP contribution in [-0.4, -0.2) is 75.6 Å². The van der Waals surface area contributed by atoms with E-state index in [0.717, 1.165) is 22.4 Å². The van der Waals surface area contributed by atoms with Gasteiger partial charge in [0.05, 0.1) is 35.8 Å². The van der Waals surface area contributed by atoms with Crippen molar-refractivity contribution in [3.8, 4) is 5.75 Å². The van der Waals surface area contributed by atoms with Gasteiger partial charge in [0, 0.05) is 29.2 Å². The van der Waals surface area contributed by atoms with E-state index in [1.54, 1.807) is 38.6 Å². The number of likely N-dealkylation sites (tertiary alicyclic amines) is 1. The molecule has 2 unspecified atom stereocenters. The number of anilines is 2. The van der Waals surface area contributed by atoms with E-state index >= 15 is 9.59 Å². The van der Waals surface area contributed by atoms with Crippen molar-refractivity contribution in [2.45, 2.75) is 68.5 Å². The highest BCUT2D eigenvalue weighted by Gasteiger charge is 2.78. The second-order valence-corrected chi connectivity index (χ2v) is 16.0. The van der Waals surface area contributed by atoms with E-state index in [1.807, 2.05) is 93.6 Å².